The van der Waals surface area contributed by atoms with E-state index in [2.05, 4.69) is 0 Å². The SMILES string of the molecule is COc1cc(-c2ccc(Cl)cc2)ccc1C=O.COc1cc(-c2ccc(F)cc2)ccc1C=O. The van der Waals surface area contributed by atoms with Crippen molar-refractivity contribution < 1.29 is 23.5 Å². The van der Waals surface area contributed by atoms with Crippen LogP contribution in [0.15, 0.2) is 84.9 Å². The maximum atomic E-state index is 12.8. The summed E-state index contributed by atoms with van der Waals surface area (Å²) in [6, 6.07) is 24.4. The standard InChI is InChI=1S/C14H11ClO2.C14H11FO2/c2*1-17-14-8-11(2-3-12(14)9-16)10-4-6-13(15)7-5-10/h2*2-9H,1H3. The highest BCUT2D eigenvalue weighted by Gasteiger charge is 2.06. The second-order valence-electron chi connectivity index (χ2n) is 7.16. The van der Waals surface area contributed by atoms with Crippen LogP contribution < -0.4 is 9.47 Å². The van der Waals surface area contributed by atoms with Gasteiger partial charge in [0.2, 0.25) is 0 Å². The van der Waals surface area contributed by atoms with Gasteiger partial charge in [0, 0.05) is 5.02 Å². The Balaban J connectivity index is 0.000000191. The first-order valence-corrected chi connectivity index (χ1v) is 10.6. The van der Waals surface area contributed by atoms with Gasteiger partial charge in [0.15, 0.2) is 12.6 Å². The van der Waals surface area contributed by atoms with E-state index in [4.69, 9.17) is 21.1 Å². The lowest BCUT2D eigenvalue weighted by Gasteiger charge is -2.07. The Hall–Kier alpha value is -3.96. The average molecular weight is 477 g/mol. The number of carbonyl (C=O) groups excluding carboxylic acids is 2. The molecule has 4 nitrogen and oxygen atoms in total. The minimum Gasteiger partial charge on any atom is -0.496 e. The van der Waals surface area contributed by atoms with Crippen LogP contribution in [0.3, 0.4) is 0 Å². The Morgan fingerprint density at radius 3 is 1.38 bits per heavy atom. The number of rotatable bonds is 6. The van der Waals surface area contributed by atoms with Crippen LogP contribution in [-0.2, 0) is 0 Å². The Kier molecular flexibility index (Phi) is 8.54. The highest BCUT2D eigenvalue weighted by molar-refractivity contribution is 6.30. The lowest BCUT2D eigenvalue weighted by atomic mass is 10.0. The molecule has 0 aliphatic rings. The fourth-order valence-electron chi connectivity index (χ4n) is 3.26. The molecule has 0 unspecified atom stereocenters. The number of methoxy groups -OCH3 is 2. The second kappa shape index (κ2) is 11.8. The molecule has 4 aromatic carbocycles. The van der Waals surface area contributed by atoms with Crippen LogP contribution in [-0.4, -0.2) is 26.8 Å². The van der Waals surface area contributed by atoms with Crippen molar-refractivity contribution in [2.24, 2.45) is 0 Å². The largest absolute Gasteiger partial charge is 0.496 e. The molecule has 4 rings (SSSR count). The van der Waals surface area contributed by atoms with Crippen molar-refractivity contribution in [1.29, 1.82) is 0 Å². The number of hydrogen-bond donors (Lipinski definition) is 0. The lowest BCUT2D eigenvalue weighted by Crippen LogP contribution is -1.91. The van der Waals surface area contributed by atoms with Gasteiger partial charge in [-0.05, 0) is 70.8 Å². The summed E-state index contributed by atoms with van der Waals surface area (Å²) in [4.78, 5) is 21.5. The van der Waals surface area contributed by atoms with Gasteiger partial charge in [-0.3, -0.25) is 9.59 Å². The second-order valence-corrected chi connectivity index (χ2v) is 7.60. The van der Waals surface area contributed by atoms with Crippen LogP contribution in [0, 0.1) is 5.82 Å². The first-order valence-electron chi connectivity index (χ1n) is 10.3. The number of aldehydes is 2. The minimum absolute atomic E-state index is 0.273. The van der Waals surface area contributed by atoms with Gasteiger partial charge >= 0.3 is 0 Å². The van der Waals surface area contributed by atoms with Crippen LogP contribution >= 0.6 is 11.6 Å². The van der Waals surface area contributed by atoms with Crippen molar-refractivity contribution in [1.82, 2.24) is 0 Å². The van der Waals surface area contributed by atoms with Gasteiger partial charge in [0.25, 0.3) is 0 Å². The topological polar surface area (TPSA) is 52.6 Å². The van der Waals surface area contributed by atoms with Crippen molar-refractivity contribution in [3.63, 3.8) is 0 Å². The van der Waals surface area contributed by atoms with E-state index < -0.39 is 0 Å². The van der Waals surface area contributed by atoms with E-state index in [9.17, 15) is 14.0 Å². The van der Waals surface area contributed by atoms with E-state index in [0.29, 0.717) is 27.6 Å². The van der Waals surface area contributed by atoms with Gasteiger partial charge in [0.05, 0.1) is 25.3 Å². The summed E-state index contributed by atoms with van der Waals surface area (Å²) in [5, 5.41) is 0.699. The molecule has 0 aliphatic heterocycles. The van der Waals surface area contributed by atoms with E-state index in [1.807, 2.05) is 36.4 Å². The molecule has 34 heavy (non-hydrogen) atoms. The normalized spacial score (nSPS) is 10.0. The van der Waals surface area contributed by atoms with E-state index in [0.717, 1.165) is 34.8 Å². The zero-order valence-electron chi connectivity index (χ0n) is 18.6. The lowest BCUT2D eigenvalue weighted by molar-refractivity contribution is 0.111. The third kappa shape index (κ3) is 6.09. The molecule has 0 aromatic heterocycles. The molecule has 172 valence electrons. The molecule has 0 amide bonds. The van der Waals surface area contributed by atoms with Crippen molar-refractivity contribution >= 4 is 24.2 Å². The number of ether oxygens (including phenoxy) is 2. The van der Waals surface area contributed by atoms with Crippen LogP contribution in [0.25, 0.3) is 22.3 Å². The molecule has 0 heterocycles. The molecule has 0 bridgehead atoms. The minimum atomic E-state index is -0.273. The van der Waals surface area contributed by atoms with Crippen LogP contribution in [0.4, 0.5) is 4.39 Å². The Bertz CT molecular complexity index is 1170. The Labute approximate surface area is 202 Å². The molecule has 0 fully saturated rings. The van der Waals surface area contributed by atoms with E-state index in [-0.39, 0.29) is 5.82 Å². The summed E-state index contributed by atoms with van der Waals surface area (Å²) in [5.74, 6) is 0.819. The molecule has 0 saturated heterocycles. The summed E-state index contributed by atoms with van der Waals surface area (Å²) < 4.78 is 23.1. The van der Waals surface area contributed by atoms with Gasteiger partial charge in [-0.15, -0.1) is 0 Å². The molecule has 0 radical (unpaired) electrons. The third-order valence-electron chi connectivity index (χ3n) is 5.08. The molecule has 0 spiro atoms. The highest BCUT2D eigenvalue weighted by atomic mass is 35.5. The summed E-state index contributed by atoms with van der Waals surface area (Å²) in [6.07, 6.45) is 1.53. The Morgan fingerprint density at radius 1 is 0.618 bits per heavy atom. The van der Waals surface area contributed by atoms with Gasteiger partial charge in [-0.25, -0.2) is 4.39 Å². The highest BCUT2D eigenvalue weighted by Crippen LogP contribution is 2.28. The average Bonchev–Trinajstić information content (AvgIpc) is 2.89. The van der Waals surface area contributed by atoms with Gasteiger partial charge in [0.1, 0.15) is 17.3 Å². The van der Waals surface area contributed by atoms with Crippen LogP contribution in [0.5, 0.6) is 11.5 Å². The fourth-order valence-corrected chi connectivity index (χ4v) is 3.39. The molecule has 0 N–H and O–H groups in total. The summed E-state index contributed by atoms with van der Waals surface area (Å²) in [5.41, 5.74) is 4.83. The first kappa shape index (κ1) is 24.7. The van der Waals surface area contributed by atoms with Crippen molar-refractivity contribution in [3.05, 3.63) is 107 Å². The zero-order chi connectivity index (χ0) is 24.5. The van der Waals surface area contributed by atoms with Crippen molar-refractivity contribution in [2.45, 2.75) is 0 Å². The molecule has 0 atom stereocenters. The molecule has 6 heteroatoms. The number of benzene rings is 4. The summed E-state index contributed by atoms with van der Waals surface area (Å²) in [6.45, 7) is 0. The molecular weight excluding hydrogens is 455 g/mol. The zero-order valence-corrected chi connectivity index (χ0v) is 19.4. The smallest absolute Gasteiger partial charge is 0.153 e. The summed E-state index contributed by atoms with van der Waals surface area (Å²) >= 11 is 5.83. The third-order valence-corrected chi connectivity index (χ3v) is 5.33. The molecular formula is C28H22ClFO4. The number of halogens is 2. The predicted octanol–water partition coefficient (Wildman–Crippen LogP) is 7.14. The predicted molar refractivity (Wildman–Crippen MR) is 133 cm³/mol. The van der Waals surface area contributed by atoms with Gasteiger partial charge < -0.3 is 9.47 Å². The van der Waals surface area contributed by atoms with E-state index in [1.54, 1.807) is 43.5 Å². The monoisotopic (exact) mass is 476 g/mol. The molecule has 0 aliphatic carbocycles. The molecule has 0 saturated carbocycles. The first-order chi connectivity index (χ1) is 16.5. The van der Waals surface area contributed by atoms with Crippen molar-refractivity contribution in [3.8, 4) is 33.8 Å². The summed E-state index contributed by atoms with van der Waals surface area (Å²) in [7, 11) is 3.06. The van der Waals surface area contributed by atoms with E-state index in [1.165, 1.54) is 19.2 Å². The van der Waals surface area contributed by atoms with Gasteiger partial charge in [-0.2, -0.15) is 0 Å². The van der Waals surface area contributed by atoms with Crippen LogP contribution in [0.1, 0.15) is 20.7 Å². The number of carbonyl (C=O) groups is 2. The maximum absolute atomic E-state index is 12.8. The van der Waals surface area contributed by atoms with Crippen molar-refractivity contribution in [2.75, 3.05) is 14.2 Å². The fraction of sp³-hybridized carbons (Fsp3) is 0.0714. The van der Waals surface area contributed by atoms with Gasteiger partial charge in [-0.1, -0.05) is 48.0 Å². The molecule has 4 aromatic rings. The van der Waals surface area contributed by atoms with E-state index >= 15 is 0 Å². The number of hydrogen-bond acceptors (Lipinski definition) is 4. The quantitative estimate of drug-likeness (QED) is 0.277. The maximum Gasteiger partial charge on any atom is 0.153 e. The van der Waals surface area contributed by atoms with Crippen LogP contribution in [0.2, 0.25) is 5.02 Å². The Morgan fingerprint density at radius 2 is 1.00 bits per heavy atom.